The number of hydrogen-bond acceptors (Lipinski definition) is 5. The smallest absolute Gasteiger partial charge is 0.182 e. The van der Waals surface area contributed by atoms with Crippen LogP contribution in [0, 0.1) is 0 Å². The minimum Gasteiger partial charge on any atom is -0.390 e. The van der Waals surface area contributed by atoms with Gasteiger partial charge in [-0.05, 0) is 0 Å². The van der Waals surface area contributed by atoms with Crippen LogP contribution in [0.25, 0.3) is 5.65 Å². The summed E-state index contributed by atoms with van der Waals surface area (Å²) in [6, 6.07) is 0. The summed E-state index contributed by atoms with van der Waals surface area (Å²) in [6.07, 6.45) is 4.87. The molecule has 0 fully saturated rings. The summed E-state index contributed by atoms with van der Waals surface area (Å²) in [5.74, 6) is 0. The van der Waals surface area contributed by atoms with Crippen LogP contribution < -0.4 is 0 Å². The maximum Gasteiger partial charge on any atom is 0.182 e. The van der Waals surface area contributed by atoms with E-state index in [2.05, 4.69) is 15.2 Å². The number of aromatic nitrogens is 4. The molecule has 0 saturated heterocycles. The fourth-order valence-electron chi connectivity index (χ4n) is 1.43. The molecule has 1 unspecified atom stereocenters. The highest BCUT2D eigenvalue weighted by Crippen LogP contribution is 2.06. The van der Waals surface area contributed by atoms with Gasteiger partial charge in [-0.25, -0.2) is 0 Å². The monoisotopic (exact) mass is 208 g/mol. The predicted octanol–water partition coefficient (Wildman–Crippen LogP) is -0.326. The van der Waals surface area contributed by atoms with Gasteiger partial charge in [0, 0.05) is 25.9 Å². The van der Waals surface area contributed by atoms with Crippen molar-refractivity contribution < 1.29 is 9.84 Å². The van der Waals surface area contributed by atoms with E-state index in [-0.39, 0.29) is 6.61 Å². The Morgan fingerprint density at radius 1 is 1.60 bits per heavy atom. The summed E-state index contributed by atoms with van der Waals surface area (Å²) in [5.41, 5.74) is 1.40. The van der Waals surface area contributed by atoms with Crippen LogP contribution in [0.3, 0.4) is 0 Å². The van der Waals surface area contributed by atoms with Crippen molar-refractivity contribution in [1.29, 1.82) is 0 Å². The summed E-state index contributed by atoms with van der Waals surface area (Å²) in [6.45, 7) is 0.289. The summed E-state index contributed by atoms with van der Waals surface area (Å²) >= 11 is 0. The van der Waals surface area contributed by atoms with Crippen LogP contribution in [0.5, 0.6) is 0 Å². The Bertz CT molecular complexity index is 442. The topological polar surface area (TPSA) is 72.5 Å². The number of fused-ring (bicyclic) bond motifs is 1. The van der Waals surface area contributed by atoms with Crippen LogP contribution in [0.1, 0.15) is 5.69 Å². The second kappa shape index (κ2) is 4.33. The van der Waals surface area contributed by atoms with E-state index in [1.165, 1.54) is 0 Å². The van der Waals surface area contributed by atoms with Crippen LogP contribution in [-0.2, 0) is 11.2 Å². The first-order valence-corrected chi connectivity index (χ1v) is 4.61. The molecule has 80 valence electrons. The molecular weight excluding hydrogens is 196 g/mol. The molecule has 0 aliphatic heterocycles. The normalized spacial score (nSPS) is 13.2. The number of methoxy groups -OCH3 is 1. The lowest BCUT2D eigenvalue weighted by Gasteiger charge is -2.08. The molecule has 2 rings (SSSR count). The highest BCUT2D eigenvalue weighted by atomic mass is 16.5. The molecule has 15 heavy (non-hydrogen) atoms. The average Bonchev–Trinajstić information content (AvgIpc) is 2.67. The molecular formula is C9H12N4O2. The Morgan fingerprint density at radius 3 is 3.27 bits per heavy atom. The van der Waals surface area contributed by atoms with Crippen molar-refractivity contribution in [2.24, 2.45) is 0 Å². The molecule has 0 aliphatic rings. The molecule has 1 atom stereocenters. The molecule has 0 saturated carbocycles. The highest BCUT2D eigenvalue weighted by Gasteiger charge is 2.10. The van der Waals surface area contributed by atoms with Gasteiger partial charge in [-0.15, -0.1) is 10.2 Å². The third kappa shape index (κ3) is 2.11. The van der Waals surface area contributed by atoms with Gasteiger partial charge in [0.25, 0.3) is 0 Å². The van der Waals surface area contributed by atoms with Crippen molar-refractivity contribution in [3.63, 3.8) is 0 Å². The molecule has 0 amide bonds. The predicted molar refractivity (Wildman–Crippen MR) is 52.4 cm³/mol. The van der Waals surface area contributed by atoms with E-state index >= 15 is 0 Å². The molecule has 0 aromatic carbocycles. The van der Waals surface area contributed by atoms with E-state index in [0.717, 1.165) is 5.69 Å². The van der Waals surface area contributed by atoms with Gasteiger partial charge in [-0.2, -0.15) is 0 Å². The highest BCUT2D eigenvalue weighted by molar-refractivity contribution is 5.41. The van der Waals surface area contributed by atoms with E-state index in [0.29, 0.717) is 12.1 Å². The first kappa shape index (κ1) is 10.0. The fourth-order valence-corrected chi connectivity index (χ4v) is 1.43. The molecule has 6 nitrogen and oxygen atoms in total. The molecule has 0 radical (unpaired) electrons. The number of aliphatic hydroxyl groups is 1. The summed E-state index contributed by atoms with van der Waals surface area (Å²) in [4.78, 5) is 4.16. The first-order chi connectivity index (χ1) is 7.31. The lowest BCUT2D eigenvalue weighted by molar-refractivity contribution is 0.0646. The van der Waals surface area contributed by atoms with Crippen molar-refractivity contribution >= 4 is 5.65 Å². The van der Waals surface area contributed by atoms with E-state index in [1.807, 2.05) is 0 Å². The second-order valence-corrected chi connectivity index (χ2v) is 3.25. The van der Waals surface area contributed by atoms with E-state index in [4.69, 9.17) is 4.74 Å². The van der Waals surface area contributed by atoms with Gasteiger partial charge in [0.15, 0.2) is 5.65 Å². The summed E-state index contributed by atoms with van der Waals surface area (Å²) < 4.78 is 6.61. The quantitative estimate of drug-likeness (QED) is 0.745. The zero-order valence-corrected chi connectivity index (χ0v) is 8.37. The van der Waals surface area contributed by atoms with Gasteiger partial charge < -0.3 is 9.84 Å². The van der Waals surface area contributed by atoms with Gasteiger partial charge >= 0.3 is 0 Å². The lowest BCUT2D eigenvalue weighted by Crippen LogP contribution is -2.18. The van der Waals surface area contributed by atoms with E-state index < -0.39 is 6.10 Å². The number of rotatable bonds is 4. The maximum absolute atomic E-state index is 9.58. The largest absolute Gasteiger partial charge is 0.390 e. The van der Waals surface area contributed by atoms with Gasteiger partial charge in [0.2, 0.25) is 0 Å². The van der Waals surface area contributed by atoms with E-state index in [1.54, 1.807) is 30.2 Å². The van der Waals surface area contributed by atoms with E-state index in [9.17, 15) is 5.11 Å². The van der Waals surface area contributed by atoms with Gasteiger partial charge in [-0.3, -0.25) is 9.38 Å². The molecule has 2 aromatic rings. The Labute approximate surface area is 86.5 Å². The zero-order valence-electron chi connectivity index (χ0n) is 8.37. The molecule has 0 bridgehead atoms. The number of aliphatic hydroxyl groups excluding tert-OH is 1. The van der Waals surface area contributed by atoms with Gasteiger partial charge in [0.1, 0.15) is 6.33 Å². The standard InChI is InChI=1S/C9H12N4O2/c1-15-5-7(14)4-8-9-12-11-6-13(9)3-2-10-8/h2-3,6-7,14H,4-5H2,1H3. The second-order valence-electron chi connectivity index (χ2n) is 3.25. The van der Waals surface area contributed by atoms with Gasteiger partial charge in [-0.1, -0.05) is 0 Å². The Morgan fingerprint density at radius 2 is 2.47 bits per heavy atom. The van der Waals surface area contributed by atoms with Crippen LogP contribution in [-0.4, -0.2) is 44.5 Å². The van der Waals surface area contributed by atoms with Crippen molar-refractivity contribution in [1.82, 2.24) is 19.6 Å². The third-order valence-electron chi connectivity index (χ3n) is 2.08. The third-order valence-corrected chi connectivity index (χ3v) is 2.08. The van der Waals surface area contributed by atoms with Crippen molar-refractivity contribution in [3.05, 3.63) is 24.4 Å². The van der Waals surface area contributed by atoms with Crippen LogP contribution in [0.15, 0.2) is 18.7 Å². The Balaban J connectivity index is 2.23. The number of hydrogen-bond donors (Lipinski definition) is 1. The number of nitrogens with zero attached hydrogens (tertiary/aromatic N) is 4. The SMILES string of the molecule is COCC(O)Cc1nccn2cnnc12. The molecule has 6 heteroatoms. The Kier molecular flexibility index (Phi) is 2.89. The van der Waals surface area contributed by atoms with Crippen LogP contribution >= 0.6 is 0 Å². The minimum atomic E-state index is -0.564. The molecule has 1 N–H and O–H groups in total. The maximum atomic E-state index is 9.58. The lowest BCUT2D eigenvalue weighted by atomic mass is 10.2. The van der Waals surface area contributed by atoms with Crippen molar-refractivity contribution in [2.45, 2.75) is 12.5 Å². The fraction of sp³-hybridized carbons (Fsp3) is 0.444. The van der Waals surface area contributed by atoms with Crippen LogP contribution in [0.4, 0.5) is 0 Å². The van der Waals surface area contributed by atoms with Crippen molar-refractivity contribution in [3.8, 4) is 0 Å². The summed E-state index contributed by atoms with van der Waals surface area (Å²) in [5, 5.41) is 17.3. The molecule has 0 aliphatic carbocycles. The molecule has 0 spiro atoms. The van der Waals surface area contributed by atoms with Crippen LogP contribution in [0.2, 0.25) is 0 Å². The zero-order chi connectivity index (χ0) is 10.7. The minimum absolute atomic E-state index is 0.289. The van der Waals surface area contributed by atoms with Gasteiger partial charge in [0.05, 0.1) is 18.4 Å². The summed E-state index contributed by atoms with van der Waals surface area (Å²) in [7, 11) is 1.55. The number of ether oxygens (including phenoxy) is 1. The molecule has 2 aromatic heterocycles. The average molecular weight is 208 g/mol. The van der Waals surface area contributed by atoms with Crippen molar-refractivity contribution in [2.75, 3.05) is 13.7 Å². The Hall–Kier alpha value is -1.53. The molecule has 2 heterocycles. The first-order valence-electron chi connectivity index (χ1n) is 4.61.